The van der Waals surface area contributed by atoms with Crippen LogP contribution in [0.1, 0.15) is 36.0 Å². The molecule has 0 spiro atoms. The first kappa shape index (κ1) is 12.2. The summed E-state index contributed by atoms with van der Waals surface area (Å²) in [5.41, 5.74) is 0.434. The van der Waals surface area contributed by atoms with Crippen molar-refractivity contribution in [3.8, 4) is 0 Å². The van der Waals surface area contributed by atoms with E-state index in [9.17, 15) is 4.79 Å². The van der Waals surface area contributed by atoms with Gasteiger partial charge in [0.1, 0.15) is 16.5 Å². The third kappa shape index (κ3) is 2.88. The van der Waals surface area contributed by atoms with Crippen molar-refractivity contribution in [2.45, 2.75) is 31.7 Å². The Morgan fingerprint density at radius 3 is 2.82 bits per heavy atom. The van der Waals surface area contributed by atoms with Crippen LogP contribution in [0.25, 0.3) is 0 Å². The minimum Gasteiger partial charge on any atom is -0.465 e. The third-order valence-electron chi connectivity index (χ3n) is 2.96. The summed E-state index contributed by atoms with van der Waals surface area (Å²) >= 11 is 5.85. The fourth-order valence-electron chi connectivity index (χ4n) is 2.08. The van der Waals surface area contributed by atoms with Crippen LogP contribution in [0.5, 0.6) is 0 Å². The van der Waals surface area contributed by atoms with Crippen molar-refractivity contribution in [3.05, 3.63) is 22.8 Å². The zero-order valence-electron chi connectivity index (χ0n) is 9.70. The lowest BCUT2D eigenvalue weighted by Crippen LogP contribution is -2.18. The lowest BCUT2D eigenvalue weighted by molar-refractivity contribution is 0.0601. The zero-order chi connectivity index (χ0) is 12.3. The second-order valence-electron chi connectivity index (χ2n) is 4.15. The van der Waals surface area contributed by atoms with Gasteiger partial charge in [0.25, 0.3) is 0 Å². The van der Waals surface area contributed by atoms with Gasteiger partial charge in [-0.05, 0) is 25.0 Å². The summed E-state index contributed by atoms with van der Waals surface area (Å²) in [6.07, 6.45) is 4.64. The first-order chi connectivity index (χ1) is 8.20. The Morgan fingerprint density at radius 1 is 1.47 bits per heavy atom. The first-order valence-electron chi connectivity index (χ1n) is 5.72. The molecule has 1 aromatic rings. The van der Waals surface area contributed by atoms with Gasteiger partial charge in [-0.25, -0.2) is 9.78 Å². The molecule has 17 heavy (non-hydrogen) atoms. The maximum Gasteiger partial charge on any atom is 0.341 e. The number of aromatic nitrogens is 1. The minimum absolute atomic E-state index is 0.373. The van der Waals surface area contributed by atoms with Crippen LogP contribution in [0, 0.1) is 0 Å². The molecule has 0 bridgehead atoms. The number of halogens is 1. The summed E-state index contributed by atoms with van der Waals surface area (Å²) in [6, 6.07) is 3.61. The minimum atomic E-state index is -0.394. The van der Waals surface area contributed by atoms with Gasteiger partial charge in [0.05, 0.1) is 7.11 Å². The molecule has 0 aliphatic heterocycles. The van der Waals surface area contributed by atoms with E-state index in [1.807, 2.05) is 0 Å². The Balaban J connectivity index is 2.22. The van der Waals surface area contributed by atoms with Crippen molar-refractivity contribution in [1.82, 2.24) is 4.98 Å². The van der Waals surface area contributed by atoms with E-state index in [0.717, 1.165) is 12.8 Å². The normalized spacial score (nSPS) is 15.9. The Kier molecular flexibility index (Phi) is 3.84. The van der Waals surface area contributed by atoms with Gasteiger partial charge >= 0.3 is 5.97 Å². The zero-order valence-corrected chi connectivity index (χ0v) is 10.5. The van der Waals surface area contributed by atoms with Gasteiger partial charge in [0, 0.05) is 6.04 Å². The molecule has 1 aliphatic rings. The summed E-state index contributed by atoms with van der Waals surface area (Å²) in [6.45, 7) is 0. The highest BCUT2D eigenvalue weighted by molar-refractivity contribution is 6.29. The standard InChI is InChI=1S/C12H15ClN2O2/c1-17-12(16)9-6-7-10(13)15-11(9)14-8-4-2-3-5-8/h6-8H,2-5H2,1H3,(H,14,15). The molecule has 0 aromatic carbocycles. The van der Waals surface area contributed by atoms with Gasteiger partial charge < -0.3 is 10.1 Å². The molecule has 92 valence electrons. The topological polar surface area (TPSA) is 51.2 Å². The maximum absolute atomic E-state index is 11.6. The number of ether oxygens (including phenoxy) is 1. The number of nitrogens with zero attached hydrogens (tertiary/aromatic N) is 1. The molecule has 0 saturated heterocycles. The number of anilines is 1. The molecule has 0 unspecified atom stereocenters. The van der Waals surface area contributed by atoms with Gasteiger partial charge in [-0.1, -0.05) is 24.4 Å². The molecule has 0 radical (unpaired) electrons. The molecule has 2 rings (SSSR count). The molecular weight excluding hydrogens is 240 g/mol. The number of esters is 1. The van der Waals surface area contributed by atoms with Crippen LogP contribution in [-0.2, 0) is 4.74 Å². The number of hydrogen-bond acceptors (Lipinski definition) is 4. The number of nitrogens with one attached hydrogen (secondary N) is 1. The molecule has 4 nitrogen and oxygen atoms in total. The summed E-state index contributed by atoms with van der Waals surface area (Å²) in [4.78, 5) is 15.7. The lowest BCUT2D eigenvalue weighted by atomic mass is 10.2. The van der Waals surface area contributed by atoms with E-state index >= 15 is 0 Å². The van der Waals surface area contributed by atoms with Crippen molar-refractivity contribution in [3.63, 3.8) is 0 Å². The summed E-state index contributed by atoms with van der Waals surface area (Å²) in [5, 5.41) is 3.64. The second kappa shape index (κ2) is 5.36. The SMILES string of the molecule is COC(=O)c1ccc(Cl)nc1NC1CCCC1. The van der Waals surface area contributed by atoms with Crippen LogP contribution in [0.3, 0.4) is 0 Å². The van der Waals surface area contributed by atoms with Crippen LogP contribution in [0.15, 0.2) is 12.1 Å². The van der Waals surface area contributed by atoms with Gasteiger partial charge in [0.2, 0.25) is 0 Å². The van der Waals surface area contributed by atoms with E-state index in [1.54, 1.807) is 12.1 Å². The summed E-state index contributed by atoms with van der Waals surface area (Å²) < 4.78 is 4.72. The Morgan fingerprint density at radius 2 is 2.18 bits per heavy atom. The van der Waals surface area contributed by atoms with Crippen LogP contribution in [0.4, 0.5) is 5.82 Å². The quantitative estimate of drug-likeness (QED) is 0.666. The van der Waals surface area contributed by atoms with Crippen LogP contribution in [-0.4, -0.2) is 24.1 Å². The molecule has 1 saturated carbocycles. The predicted molar refractivity (Wildman–Crippen MR) is 66.5 cm³/mol. The van der Waals surface area contributed by atoms with E-state index in [0.29, 0.717) is 22.6 Å². The molecule has 1 aliphatic carbocycles. The van der Waals surface area contributed by atoms with E-state index in [2.05, 4.69) is 10.3 Å². The number of methoxy groups -OCH3 is 1. The summed E-state index contributed by atoms with van der Waals surface area (Å²) in [7, 11) is 1.36. The highest BCUT2D eigenvalue weighted by atomic mass is 35.5. The number of carbonyl (C=O) groups excluding carboxylic acids is 1. The molecule has 1 fully saturated rings. The van der Waals surface area contributed by atoms with Crippen molar-refractivity contribution < 1.29 is 9.53 Å². The molecule has 0 amide bonds. The number of pyridine rings is 1. The smallest absolute Gasteiger partial charge is 0.341 e. The molecular formula is C12H15ClN2O2. The van der Waals surface area contributed by atoms with Gasteiger partial charge in [0.15, 0.2) is 0 Å². The highest BCUT2D eigenvalue weighted by Crippen LogP contribution is 2.24. The van der Waals surface area contributed by atoms with E-state index in [-0.39, 0.29) is 0 Å². The fraction of sp³-hybridized carbons (Fsp3) is 0.500. The van der Waals surface area contributed by atoms with E-state index < -0.39 is 5.97 Å². The van der Waals surface area contributed by atoms with Gasteiger partial charge in [-0.15, -0.1) is 0 Å². The predicted octanol–water partition coefficient (Wildman–Crippen LogP) is 2.88. The lowest BCUT2D eigenvalue weighted by Gasteiger charge is -2.15. The average molecular weight is 255 g/mol. The van der Waals surface area contributed by atoms with Crippen molar-refractivity contribution in [1.29, 1.82) is 0 Å². The molecule has 1 heterocycles. The molecule has 0 atom stereocenters. The van der Waals surface area contributed by atoms with E-state index in [4.69, 9.17) is 16.3 Å². The first-order valence-corrected chi connectivity index (χ1v) is 6.10. The van der Waals surface area contributed by atoms with Crippen molar-refractivity contribution in [2.75, 3.05) is 12.4 Å². The van der Waals surface area contributed by atoms with Crippen molar-refractivity contribution in [2.24, 2.45) is 0 Å². The Bertz CT molecular complexity index is 417. The Hall–Kier alpha value is -1.29. The Labute approximate surface area is 105 Å². The molecule has 1 aromatic heterocycles. The van der Waals surface area contributed by atoms with Crippen LogP contribution < -0.4 is 5.32 Å². The second-order valence-corrected chi connectivity index (χ2v) is 4.53. The third-order valence-corrected chi connectivity index (χ3v) is 3.17. The number of hydrogen-bond donors (Lipinski definition) is 1. The number of carbonyl (C=O) groups is 1. The average Bonchev–Trinajstić information content (AvgIpc) is 2.81. The maximum atomic E-state index is 11.6. The molecule has 5 heteroatoms. The van der Waals surface area contributed by atoms with E-state index in [1.165, 1.54) is 20.0 Å². The molecule has 1 N–H and O–H groups in total. The van der Waals surface area contributed by atoms with Crippen molar-refractivity contribution >= 4 is 23.4 Å². The number of rotatable bonds is 3. The van der Waals surface area contributed by atoms with Gasteiger partial charge in [-0.2, -0.15) is 0 Å². The fourth-order valence-corrected chi connectivity index (χ4v) is 2.23. The van der Waals surface area contributed by atoms with Gasteiger partial charge in [-0.3, -0.25) is 0 Å². The monoisotopic (exact) mass is 254 g/mol. The largest absolute Gasteiger partial charge is 0.465 e. The summed E-state index contributed by atoms with van der Waals surface area (Å²) in [5.74, 6) is 0.130. The highest BCUT2D eigenvalue weighted by Gasteiger charge is 2.19. The van der Waals surface area contributed by atoms with Crippen LogP contribution in [0.2, 0.25) is 5.15 Å². The van der Waals surface area contributed by atoms with Crippen LogP contribution >= 0.6 is 11.6 Å².